The van der Waals surface area contributed by atoms with Crippen LogP contribution in [0.2, 0.25) is 0 Å². The molecule has 10 heteroatoms. The maximum absolute atomic E-state index is 12.2. The monoisotopic (exact) mass is 420 g/mol. The van der Waals surface area contributed by atoms with Gasteiger partial charge in [-0.15, -0.1) is 12.4 Å². The van der Waals surface area contributed by atoms with E-state index in [9.17, 15) is 14.7 Å². The third-order valence-electron chi connectivity index (χ3n) is 3.87. The van der Waals surface area contributed by atoms with Crippen molar-refractivity contribution in [3.63, 3.8) is 0 Å². The van der Waals surface area contributed by atoms with Crippen molar-refractivity contribution in [1.82, 2.24) is 15.6 Å². The SMILES string of the molecule is Cl.N=C(N)c1cccc(NC(CO)C(=O)NCC(=O)NCCc2ccccn2)c1. The van der Waals surface area contributed by atoms with Gasteiger partial charge in [0.05, 0.1) is 13.2 Å². The summed E-state index contributed by atoms with van der Waals surface area (Å²) in [5, 5.41) is 25.0. The number of aliphatic hydroxyl groups excluding tert-OH is 1. The highest BCUT2D eigenvalue weighted by Gasteiger charge is 2.18. The van der Waals surface area contributed by atoms with Crippen LogP contribution < -0.4 is 21.7 Å². The average molecular weight is 421 g/mol. The maximum atomic E-state index is 12.2. The van der Waals surface area contributed by atoms with Crippen molar-refractivity contribution in [3.8, 4) is 0 Å². The molecule has 1 aromatic heterocycles. The van der Waals surface area contributed by atoms with Crippen molar-refractivity contribution in [2.24, 2.45) is 5.73 Å². The first-order valence-electron chi connectivity index (χ1n) is 8.75. The van der Waals surface area contributed by atoms with Crippen LogP contribution in [0.3, 0.4) is 0 Å². The number of hydrogen-bond acceptors (Lipinski definition) is 6. The molecule has 0 radical (unpaired) electrons. The Morgan fingerprint density at radius 1 is 1.17 bits per heavy atom. The second-order valence-electron chi connectivity index (χ2n) is 6.01. The number of amides is 2. The zero-order valence-corrected chi connectivity index (χ0v) is 16.5. The quantitative estimate of drug-likeness (QED) is 0.235. The number of pyridine rings is 1. The third-order valence-corrected chi connectivity index (χ3v) is 3.87. The van der Waals surface area contributed by atoms with E-state index in [0.29, 0.717) is 24.2 Å². The Bertz CT molecular complexity index is 819. The fourth-order valence-electron chi connectivity index (χ4n) is 2.40. The highest BCUT2D eigenvalue weighted by Crippen LogP contribution is 2.11. The van der Waals surface area contributed by atoms with Gasteiger partial charge in [-0.05, 0) is 24.3 Å². The number of hydrogen-bond donors (Lipinski definition) is 6. The van der Waals surface area contributed by atoms with Gasteiger partial charge in [0.1, 0.15) is 11.9 Å². The summed E-state index contributed by atoms with van der Waals surface area (Å²) in [6.45, 7) is -0.255. The van der Waals surface area contributed by atoms with Crippen LogP contribution in [0, 0.1) is 5.41 Å². The Hall–Kier alpha value is -3.17. The predicted octanol–water partition coefficient (Wildman–Crippen LogP) is 0.0354. The van der Waals surface area contributed by atoms with Crippen molar-refractivity contribution in [2.75, 3.05) is 25.0 Å². The molecule has 0 fully saturated rings. The number of aromatic nitrogens is 1. The number of carbonyl (C=O) groups is 2. The van der Waals surface area contributed by atoms with E-state index >= 15 is 0 Å². The maximum Gasteiger partial charge on any atom is 0.245 e. The van der Waals surface area contributed by atoms with Crippen molar-refractivity contribution >= 4 is 35.7 Å². The van der Waals surface area contributed by atoms with Crippen LogP contribution in [-0.4, -0.2) is 53.5 Å². The second kappa shape index (κ2) is 12.3. The molecule has 9 nitrogen and oxygen atoms in total. The molecule has 2 rings (SSSR count). The minimum Gasteiger partial charge on any atom is -0.394 e. The summed E-state index contributed by atoms with van der Waals surface area (Å²) in [6, 6.07) is 11.3. The lowest BCUT2D eigenvalue weighted by molar-refractivity contribution is -0.127. The van der Waals surface area contributed by atoms with Crippen LogP contribution in [0.15, 0.2) is 48.7 Å². The summed E-state index contributed by atoms with van der Waals surface area (Å²) in [7, 11) is 0. The van der Waals surface area contributed by atoms with Gasteiger partial charge in [0.15, 0.2) is 0 Å². The Labute approximate surface area is 175 Å². The Kier molecular flexibility index (Phi) is 10.1. The Morgan fingerprint density at radius 2 is 1.97 bits per heavy atom. The van der Waals surface area contributed by atoms with Crippen LogP contribution in [-0.2, 0) is 16.0 Å². The molecule has 0 saturated carbocycles. The fourth-order valence-corrected chi connectivity index (χ4v) is 2.40. The standard InChI is InChI=1S/C19H24N6O3.ClH/c20-18(21)13-4-3-6-15(10-13)25-16(12-26)19(28)24-11-17(27)23-9-7-14-5-1-2-8-22-14;/h1-6,8,10,16,25-26H,7,9,11-12H2,(H3,20,21)(H,23,27)(H,24,28);1H. The van der Waals surface area contributed by atoms with E-state index in [-0.39, 0.29) is 30.7 Å². The summed E-state index contributed by atoms with van der Waals surface area (Å²) in [6.07, 6.45) is 2.28. The molecule has 2 aromatic rings. The number of rotatable bonds is 10. The molecule has 1 heterocycles. The summed E-state index contributed by atoms with van der Waals surface area (Å²) in [5.41, 5.74) is 7.33. The van der Waals surface area contributed by atoms with Gasteiger partial charge in [-0.3, -0.25) is 20.0 Å². The van der Waals surface area contributed by atoms with Gasteiger partial charge < -0.3 is 26.8 Å². The van der Waals surface area contributed by atoms with Crippen molar-refractivity contribution in [1.29, 1.82) is 5.41 Å². The molecular formula is C19H25ClN6O3. The molecule has 1 atom stereocenters. The Balaban J connectivity index is 0.00000420. The molecule has 29 heavy (non-hydrogen) atoms. The zero-order chi connectivity index (χ0) is 20.4. The highest BCUT2D eigenvalue weighted by molar-refractivity contribution is 5.96. The van der Waals surface area contributed by atoms with Gasteiger partial charge in [-0.25, -0.2) is 0 Å². The van der Waals surface area contributed by atoms with Gasteiger partial charge in [-0.1, -0.05) is 18.2 Å². The largest absolute Gasteiger partial charge is 0.394 e. The summed E-state index contributed by atoms with van der Waals surface area (Å²) in [5.74, 6) is -0.953. The molecule has 0 aliphatic carbocycles. The summed E-state index contributed by atoms with van der Waals surface area (Å²) in [4.78, 5) is 28.2. The molecule has 0 aliphatic heterocycles. The van der Waals surface area contributed by atoms with E-state index in [0.717, 1.165) is 5.69 Å². The number of anilines is 1. The van der Waals surface area contributed by atoms with E-state index in [1.54, 1.807) is 30.5 Å². The number of benzene rings is 1. The van der Waals surface area contributed by atoms with E-state index in [1.807, 2.05) is 18.2 Å². The molecule has 0 spiro atoms. The smallest absolute Gasteiger partial charge is 0.245 e. The molecule has 0 aliphatic rings. The molecule has 7 N–H and O–H groups in total. The van der Waals surface area contributed by atoms with E-state index < -0.39 is 18.6 Å². The zero-order valence-electron chi connectivity index (χ0n) is 15.7. The lowest BCUT2D eigenvalue weighted by Crippen LogP contribution is -2.46. The van der Waals surface area contributed by atoms with Gasteiger partial charge in [0, 0.05) is 36.1 Å². The van der Waals surface area contributed by atoms with Crippen LogP contribution in [0.1, 0.15) is 11.3 Å². The molecule has 2 amide bonds. The van der Waals surface area contributed by atoms with Gasteiger partial charge >= 0.3 is 0 Å². The summed E-state index contributed by atoms with van der Waals surface area (Å²) < 4.78 is 0. The number of amidine groups is 1. The van der Waals surface area contributed by atoms with Crippen LogP contribution in [0.5, 0.6) is 0 Å². The van der Waals surface area contributed by atoms with E-state index in [1.165, 1.54) is 0 Å². The molecule has 1 aromatic carbocycles. The summed E-state index contributed by atoms with van der Waals surface area (Å²) >= 11 is 0. The topological polar surface area (TPSA) is 153 Å². The molecular weight excluding hydrogens is 396 g/mol. The molecule has 1 unspecified atom stereocenters. The number of nitrogen functional groups attached to an aromatic ring is 1. The Morgan fingerprint density at radius 3 is 2.62 bits per heavy atom. The second-order valence-corrected chi connectivity index (χ2v) is 6.01. The average Bonchev–Trinajstić information content (AvgIpc) is 2.71. The lowest BCUT2D eigenvalue weighted by Gasteiger charge is -2.17. The number of nitrogens with two attached hydrogens (primary N) is 1. The van der Waals surface area contributed by atoms with Crippen molar-refractivity contribution in [2.45, 2.75) is 12.5 Å². The predicted molar refractivity (Wildman–Crippen MR) is 113 cm³/mol. The van der Waals surface area contributed by atoms with Crippen molar-refractivity contribution < 1.29 is 14.7 Å². The van der Waals surface area contributed by atoms with Crippen molar-refractivity contribution in [3.05, 3.63) is 59.9 Å². The van der Waals surface area contributed by atoms with Crippen LogP contribution in [0.4, 0.5) is 5.69 Å². The number of carbonyl (C=O) groups excluding carboxylic acids is 2. The minimum atomic E-state index is -0.941. The molecule has 0 bridgehead atoms. The third kappa shape index (κ3) is 8.16. The highest BCUT2D eigenvalue weighted by atomic mass is 35.5. The fraction of sp³-hybridized carbons (Fsp3) is 0.263. The molecule has 0 saturated heterocycles. The normalized spacial score (nSPS) is 10.9. The number of nitrogens with zero attached hydrogens (tertiary/aromatic N) is 1. The lowest BCUT2D eigenvalue weighted by atomic mass is 10.1. The first-order valence-corrected chi connectivity index (χ1v) is 8.75. The minimum absolute atomic E-state index is 0. The number of nitrogens with one attached hydrogen (secondary N) is 4. The van der Waals surface area contributed by atoms with Gasteiger partial charge in [0.25, 0.3) is 0 Å². The number of aliphatic hydroxyl groups is 1. The molecule has 156 valence electrons. The van der Waals surface area contributed by atoms with E-state index in [4.69, 9.17) is 11.1 Å². The van der Waals surface area contributed by atoms with E-state index in [2.05, 4.69) is 20.9 Å². The van der Waals surface area contributed by atoms with Gasteiger partial charge in [0.2, 0.25) is 11.8 Å². The first-order chi connectivity index (χ1) is 13.5. The number of halogens is 1. The first kappa shape index (κ1) is 23.9. The van der Waals surface area contributed by atoms with Crippen LogP contribution in [0.25, 0.3) is 0 Å². The van der Waals surface area contributed by atoms with Crippen LogP contribution >= 0.6 is 12.4 Å². The van der Waals surface area contributed by atoms with Gasteiger partial charge in [-0.2, -0.15) is 0 Å².